The lowest BCUT2D eigenvalue weighted by molar-refractivity contribution is 0.0934. The number of nitrogens with zero attached hydrogens (tertiary/aromatic N) is 4. The fraction of sp³-hybridized carbons (Fsp3) is 0.333. The standard InChI is InChI=1S/C24H25N5O2/c25-16-19-6-8-21(9-7-19)24-27-22(28-31-24)23(30)26-13-10-18-11-14-29(15-12-18)17-20-4-2-1-3-5-20/h1-9,18H,10-15,17H2,(H,26,30). The number of benzene rings is 2. The number of carbonyl (C=O) groups is 1. The first-order valence-electron chi connectivity index (χ1n) is 10.6. The molecule has 1 aliphatic rings. The van der Waals surface area contributed by atoms with Gasteiger partial charge in [-0.3, -0.25) is 9.69 Å². The number of piperidine rings is 1. The van der Waals surface area contributed by atoms with Gasteiger partial charge in [-0.15, -0.1) is 0 Å². The Morgan fingerprint density at radius 2 is 1.87 bits per heavy atom. The third kappa shape index (κ3) is 5.56. The predicted molar refractivity (Wildman–Crippen MR) is 116 cm³/mol. The second-order valence-electron chi connectivity index (χ2n) is 7.86. The molecule has 1 fully saturated rings. The van der Waals surface area contributed by atoms with Crippen LogP contribution in [-0.2, 0) is 6.54 Å². The molecule has 1 N–H and O–H groups in total. The van der Waals surface area contributed by atoms with Gasteiger partial charge in [0.25, 0.3) is 17.6 Å². The maximum absolute atomic E-state index is 12.3. The van der Waals surface area contributed by atoms with Gasteiger partial charge < -0.3 is 9.84 Å². The first-order chi connectivity index (χ1) is 15.2. The first-order valence-corrected chi connectivity index (χ1v) is 10.6. The van der Waals surface area contributed by atoms with E-state index in [0.717, 1.165) is 38.9 Å². The molecule has 3 aromatic rings. The molecule has 158 valence electrons. The molecular weight excluding hydrogens is 390 g/mol. The van der Waals surface area contributed by atoms with Crippen LogP contribution in [0.15, 0.2) is 59.1 Å². The first kappa shape index (κ1) is 20.8. The molecule has 4 rings (SSSR count). The number of nitriles is 1. The molecule has 0 spiro atoms. The molecule has 1 amide bonds. The summed E-state index contributed by atoms with van der Waals surface area (Å²) in [6, 6.07) is 19.4. The lowest BCUT2D eigenvalue weighted by atomic mass is 9.93. The summed E-state index contributed by atoms with van der Waals surface area (Å²) in [5.41, 5.74) is 2.58. The van der Waals surface area contributed by atoms with Gasteiger partial charge in [-0.2, -0.15) is 10.2 Å². The van der Waals surface area contributed by atoms with E-state index in [0.29, 0.717) is 23.6 Å². The van der Waals surface area contributed by atoms with Crippen molar-refractivity contribution in [1.82, 2.24) is 20.4 Å². The monoisotopic (exact) mass is 415 g/mol. The van der Waals surface area contributed by atoms with Gasteiger partial charge in [-0.1, -0.05) is 35.5 Å². The van der Waals surface area contributed by atoms with Gasteiger partial charge in [0.1, 0.15) is 0 Å². The highest BCUT2D eigenvalue weighted by Gasteiger charge is 2.20. The van der Waals surface area contributed by atoms with Crippen molar-refractivity contribution in [2.45, 2.75) is 25.8 Å². The van der Waals surface area contributed by atoms with Gasteiger partial charge in [0.05, 0.1) is 11.6 Å². The summed E-state index contributed by atoms with van der Waals surface area (Å²) in [7, 11) is 0. The molecule has 0 aliphatic carbocycles. The Bertz CT molecular complexity index is 1030. The highest BCUT2D eigenvalue weighted by molar-refractivity contribution is 5.90. The van der Waals surface area contributed by atoms with E-state index in [-0.39, 0.29) is 17.6 Å². The summed E-state index contributed by atoms with van der Waals surface area (Å²) in [4.78, 5) is 19.0. The number of aromatic nitrogens is 2. The summed E-state index contributed by atoms with van der Waals surface area (Å²) in [5.74, 6) is 0.578. The number of amides is 1. The molecular formula is C24H25N5O2. The number of hydrogen-bond donors (Lipinski definition) is 1. The molecule has 1 saturated heterocycles. The van der Waals surface area contributed by atoms with Crippen LogP contribution < -0.4 is 5.32 Å². The van der Waals surface area contributed by atoms with Gasteiger partial charge in [0, 0.05) is 18.7 Å². The van der Waals surface area contributed by atoms with Crippen LogP contribution in [0.1, 0.15) is 41.0 Å². The third-order valence-corrected chi connectivity index (χ3v) is 5.68. The zero-order valence-corrected chi connectivity index (χ0v) is 17.3. The largest absolute Gasteiger partial charge is 0.349 e. The Labute approximate surface area is 181 Å². The Kier molecular flexibility index (Phi) is 6.70. The van der Waals surface area contributed by atoms with Crippen molar-refractivity contribution in [1.29, 1.82) is 5.26 Å². The van der Waals surface area contributed by atoms with Crippen LogP contribution in [0.3, 0.4) is 0 Å². The van der Waals surface area contributed by atoms with E-state index in [1.165, 1.54) is 5.56 Å². The van der Waals surface area contributed by atoms with Gasteiger partial charge in [0.2, 0.25) is 0 Å². The van der Waals surface area contributed by atoms with Crippen molar-refractivity contribution in [3.05, 3.63) is 71.5 Å². The minimum absolute atomic E-state index is 0.0250. The molecule has 0 unspecified atom stereocenters. The Morgan fingerprint density at radius 1 is 1.13 bits per heavy atom. The van der Waals surface area contributed by atoms with Crippen LogP contribution in [0.4, 0.5) is 0 Å². The number of nitrogens with one attached hydrogen (secondary N) is 1. The van der Waals surface area contributed by atoms with E-state index in [9.17, 15) is 4.79 Å². The van der Waals surface area contributed by atoms with Crippen LogP contribution in [-0.4, -0.2) is 40.6 Å². The fourth-order valence-corrected chi connectivity index (χ4v) is 3.86. The van der Waals surface area contributed by atoms with E-state index >= 15 is 0 Å². The molecule has 1 aliphatic heterocycles. The van der Waals surface area contributed by atoms with E-state index < -0.39 is 0 Å². The molecule has 7 nitrogen and oxygen atoms in total. The van der Waals surface area contributed by atoms with Crippen molar-refractivity contribution in [2.75, 3.05) is 19.6 Å². The van der Waals surface area contributed by atoms with E-state index in [1.807, 2.05) is 6.07 Å². The molecule has 2 aromatic carbocycles. The summed E-state index contributed by atoms with van der Waals surface area (Å²) in [6.45, 7) is 3.78. The average Bonchev–Trinajstić information content (AvgIpc) is 3.31. The summed E-state index contributed by atoms with van der Waals surface area (Å²) in [5, 5.41) is 15.5. The summed E-state index contributed by atoms with van der Waals surface area (Å²) >= 11 is 0. The zero-order chi connectivity index (χ0) is 21.5. The number of rotatable bonds is 7. The molecule has 0 atom stereocenters. The van der Waals surface area contributed by atoms with Crippen molar-refractivity contribution in [3.8, 4) is 17.5 Å². The van der Waals surface area contributed by atoms with Crippen molar-refractivity contribution in [3.63, 3.8) is 0 Å². The van der Waals surface area contributed by atoms with E-state index in [2.05, 4.69) is 50.7 Å². The maximum atomic E-state index is 12.3. The smallest absolute Gasteiger partial charge is 0.292 e. The van der Waals surface area contributed by atoms with Crippen LogP contribution in [0.5, 0.6) is 0 Å². The fourth-order valence-electron chi connectivity index (χ4n) is 3.86. The topological polar surface area (TPSA) is 95.0 Å². The molecule has 0 bridgehead atoms. The number of likely N-dealkylation sites (tertiary alicyclic amines) is 1. The third-order valence-electron chi connectivity index (χ3n) is 5.68. The van der Waals surface area contributed by atoms with Crippen LogP contribution in [0.2, 0.25) is 0 Å². The zero-order valence-electron chi connectivity index (χ0n) is 17.3. The van der Waals surface area contributed by atoms with Crippen LogP contribution >= 0.6 is 0 Å². The minimum Gasteiger partial charge on any atom is -0.349 e. The average molecular weight is 415 g/mol. The maximum Gasteiger partial charge on any atom is 0.292 e. The summed E-state index contributed by atoms with van der Waals surface area (Å²) < 4.78 is 5.19. The van der Waals surface area contributed by atoms with Crippen LogP contribution in [0, 0.1) is 17.2 Å². The van der Waals surface area contributed by atoms with Gasteiger partial charge in [-0.05, 0) is 68.1 Å². The van der Waals surface area contributed by atoms with Crippen LogP contribution in [0.25, 0.3) is 11.5 Å². The molecule has 0 radical (unpaired) electrons. The highest BCUT2D eigenvalue weighted by atomic mass is 16.5. The van der Waals surface area contributed by atoms with Gasteiger partial charge >= 0.3 is 0 Å². The molecule has 31 heavy (non-hydrogen) atoms. The van der Waals surface area contributed by atoms with Crippen molar-refractivity contribution < 1.29 is 9.32 Å². The molecule has 7 heteroatoms. The van der Waals surface area contributed by atoms with E-state index in [1.54, 1.807) is 24.3 Å². The Morgan fingerprint density at radius 3 is 2.58 bits per heavy atom. The lowest BCUT2D eigenvalue weighted by Gasteiger charge is -2.32. The number of carbonyl (C=O) groups excluding carboxylic acids is 1. The van der Waals surface area contributed by atoms with Gasteiger partial charge in [0.15, 0.2) is 0 Å². The Balaban J connectivity index is 1.19. The van der Waals surface area contributed by atoms with E-state index in [4.69, 9.17) is 9.78 Å². The minimum atomic E-state index is -0.329. The predicted octanol–water partition coefficient (Wildman–Crippen LogP) is 3.64. The van der Waals surface area contributed by atoms with Gasteiger partial charge in [-0.25, -0.2) is 0 Å². The molecule has 1 aromatic heterocycles. The normalized spacial score (nSPS) is 14.8. The molecule has 2 heterocycles. The molecule has 0 saturated carbocycles. The summed E-state index contributed by atoms with van der Waals surface area (Å²) in [6.07, 6.45) is 3.24. The lowest BCUT2D eigenvalue weighted by Crippen LogP contribution is -2.35. The highest BCUT2D eigenvalue weighted by Crippen LogP contribution is 2.22. The SMILES string of the molecule is N#Cc1ccc(-c2nc(C(=O)NCCC3CCN(Cc4ccccc4)CC3)no2)cc1. The Hall–Kier alpha value is -3.50. The second kappa shape index (κ2) is 10.0. The second-order valence-corrected chi connectivity index (χ2v) is 7.86. The van der Waals surface area contributed by atoms with Crippen molar-refractivity contribution in [2.24, 2.45) is 5.92 Å². The number of hydrogen-bond acceptors (Lipinski definition) is 6. The quantitative estimate of drug-likeness (QED) is 0.633. The van der Waals surface area contributed by atoms with Crippen molar-refractivity contribution >= 4 is 5.91 Å².